The van der Waals surface area contributed by atoms with Crippen molar-refractivity contribution in [3.63, 3.8) is 0 Å². The number of hydrogen-bond donors (Lipinski definition) is 1. The first-order chi connectivity index (χ1) is 6.18. The Morgan fingerprint density at radius 1 is 1.14 bits per heavy atom. The molecular formula is C13H27N. The summed E-state index contributed by atoms with van der Waals surface area (Å²) in [4.78, 5) is 0. The van der Waals surface area contributed by atoms with E-state index in [4.69, 9.17) is 0 Å². The molecule has 1 saturated carbocycles. The lowest BCUT2D eigenvalue weighted by Gasteiger charge is -2.42. The van der Waals surface area contributed by atoms with E-state index in [9.17, 15) is 0 Å². The lowest BCUT2D eigenvalue weighted by Crippen LogP contribution is -2.48. The second kappa shape index (κ2) is 3.84. The van der Waals surface area contributed by atoms with Gasteiger partial charge in [-0.05, 0) is 51.4 Å². The van der Waals surface area contributed by atoms with Gasteiger partial charge in [0.2, 0.25) is 0 Å². The summed E-state index contributed by atoms with van der Waals surface area (Å²) in [5, 5.41) is 3.74. The molecule has 1 nitrogen and oxygen atoms in total. The molecule has 1 fully saturated rings. The third kappa shape index (κ3) is 4.00. The highest BCUT2D eigenvalue weighted by Crippen LogP contribution is 2.38. The van der Waals surface area contributed by atoms with Gasteiger partial charge in [0, 0.05) is 11.6 Å². The van der Waals surface area contributed by atoms with Gasteiger partial charge in [-0.25, -0.2) is 0 Å². The lowest BCUT2D eigenvalue weighted by atomic mass is 9.70. The second-order valence-electron chi connectivity index (χ2n) is 7.00. The van der Waals surface area contributed by atoms with Crippen molar-refractivity contribution in [1.82, 2.24) is 5.32 Å². The molecule has 1 N–H and O–H groups in total. The molecule has 0 radical (unpaired) electrons. The summed E-state index contributed by atoms with van der Waals surface area (Å²) < 4.78 is 0. The van der Waals surface area contributed by atoms with Crippen molar-refractivity contribution in [2.75, 3.05) is 0 Å². The van der Waals surface area contributed by atoms with Crippen molar-refractivity contribution in [3.8, 4) is 0 Å². The third-order valence-corrected chi connectivity index (χ3v) is 3.02. The van der Waals surface area contributed by atoms with E-state index in [0.29, 0.717) is 11.5 Å². The van der Waals surface area contributed by atoms with Gasteiger partial charge in [0.25, 0.3) is 0 Å². The molecule has 1 aliphatic carbocycles. The Kier molecular flexibility index (Phi) is 3.30. The van der Waals surface area contributed by atoms with Crippen LogP contribution in [-0.2, 0) is 0 Å². The topological polar surface area (TPSA) is 12.0 Å². The molecule has 0 saturated heterocycles. The van der Waals surface area contributed by atoms with E-state index in [1.807, 2.05) is 0 Å². The molecule has 14 heavy (non-hydrogen) atoms. The first-order valence-electron chi connectivity index (χ1n) is 5.96. The van der Waals surface area contributed by atoms with Gasteiger partial charge in [0.15, 0.2) is 0 Å². The molecule has 0 aliphatic heterocycles. The van der Waals surface area contributed by atoms with Gasteiger partial charge in [-0.1, -0.05) is 20.8 Å². The molecule has 1 heteroatoms. The summed E-state index contributed by atoms with van der Waals surface area (Å²) >= 11 is 0. The van der Waals surface area contributed by atoms with Crippen LogP contribution in [0.4, 0.5) is 0 Å². The monoisotopic (exact) mass is 197 g/mol. The van der Waals surface area contributed by atoms with E-state index < -0.39 is 0 Å². The van der Waals surface area contributed by atoms with Crippen molar-refractivity contribution in [1.29, 1.82) is 0 Å². The highest BCUT2D eigenvalue weighted by molar-refractivity contribution is 4.89. The maximum absolute atomic E-state index is 3.74. The molecule has 0 heterocycles. The van der Waals surface area contributed by atoms with Gasteiger partial charge in [0.1, 0.15) is 0 Å². The summed E-state index contributed by atoms with van der Waals surface area (Å²) in [7, 11) is 0. The maximum atomic E-state index is 3.74. The van der Waals surface area contributed by atoms with Crippen molar-refractivity contribution in [2.45, 2.75) is 72.4 Å². The minimum atomic E-state index is 0.262. The van der Waals surface area contributed by atoms with Crippen molar-refractivity contribution in [2.24, 2.45) is 11.3 Å². The highest BCUT2D eigenvalue weighted by atomic mass is 15.0. The zero-order valence-corrected chi connectivity index (χ0v) is 10.8. The maximum Gasteiger partial charge on any atom is 0.00991 e. The second-order valence-corrected chi connectivity index (χ2v) is 7.00. The summed E-state index contributed by atoms with van der Waals surface area (Å²) in [6.45, 7) is 14.0. The Morgan fingerprint density at radius 2 is 1.71 bits per heavy atom. The van der Waals surface area contributed by atoms with Crippen LogP contribution in [0.3, 0.4) is 0 Å². The van der Waals surface area contributed by atoms with E-state index in [2.05, 4.69) is 46.9 Å². The summed E-state index contributed by atoms with van der Waals surface area (Å²) in [5.41, 5.74) is 0.790. The van der Waals surface area contributed by atoms with Crippen LogP contribution in [0.2, 0.25) is 0 Å². The van der Waals surface area contributed by atoms with Crippen molar-refractivity contribution >= 4 is 0 Å². The molecule has 1 aliphatic rings. The van der Waals surface area contributed by atoms with Crippen LogP contribution in [-0.4, -0.2) is 11.6 Å². The van der Waals surface area contributed by atoms with Gasteiger partial charge in [-0.3, -0.25) is 0 Å². The molecule has 1 rings (SSSR count). The van der Waals surface area contributed by atoms with Gasteiger partial charge in [-0.15, -0.1) is 0 Å². The average molecular weight is 197 g/mol. The lowest BCUT2D eigenvalue weighted by molar-refractivity contribution is 0.135. The van der Waals surface area contributed by atoms with Crippen LogP contribution < -0.4 is 5.32 Å². The fraction of sp³-hybridized carbons (Fsp3) is 1.00. The van der Waals surface area contributed by atoms with Gasteiger partial charge >= 0.3 is 0 Å². The quantitative estimate of drug-likeness (QED) is 0.677. The molecule has 0 aromatic heterocycles. The SMILES string of the molecule is C[C@H]1CC(NC(C)(C)C)CC(C)(C)C1. The fourth-order valence-corrected chi connectivity index (χ4v) is 3.07. The van der Waals surface area contributed by atoms with E-state index in [1.165, 1.54) is 19.3 Å². The Labute approximate surface area is 89.7 Å². The standard InChI is InChI=1S/C13H27N/c1-10-7-11(14-12(2,3)4)9-13(5,6)8-10/h10-11,14H,7-9H2,1-6H3/t10-,11?/m0/s1. The molecule has 0 spiro atoms. The Hall–Kier alpha value is -0.0400. The van der Waals surface area contributed by atoms with E-state index in [0.717, 1.165) is 5.92 Å². The van der Waals surface area contributed by atoms with Gasteiger partial charge in [0.05, 0.1) is 0 Å². The van der Waals surface area contributed by atoms with Gasteiger partial charge < -0.3 is 5.32 Å². The van der Waals surface area contributed by atoms with E-state index >= 15 is 0 Å². The fourth-order valence-electron chi connectivity index (χ4n) is 3.07. The minimum Gasteiger partial charge on any atom is -0.309 e. The molecule has 1 unspecified atom stereocenters. The predicted octanol–water partition coefficient (Wildman–Crippen LogP) is 3.59. The van der Waals surface area contributed by atoms with Crippen LogP contribution in [0.25, 0.3) is 0 Å². The van der Waals surface area contributed by atoms with E-state index in [1.54, 1.807) is 0 Å². The Balaban J connectivity index is 2.54. The highest BCUT2D eigenvalue weighted by Gasteiger charge is 2.33. The number of hydrogen-bond acceptors (Lipinski definition) is 1. The van der Waals surface area contributed by atoms with E-state index in [-0.39, 0.29) is 5.54 Å². The molecule has 0 bridgehead atoms. The molecule has 2 atom stereocenters. The molecule has 0 aromatic rings. The summed E-state index contributed by atoms with van der Waals surface area (Å²) in [6, 6.07) is 0.716. The molecule has 0 amide bonds. The van der Waals surface area contributed by atoms with Crippen molar-refractivity contribution < 1.29 is 0 Å². The minimum absolute atomic E-state index is 0.262. The largest absolute Gasteiger partial charge is 0.309 e. The smallest absolute Gasteiger partial charge is 0.00991 e. The Morgan fingerprint density at radius 3 is 2.14 bits per heavy atom. The predicted molar refractivity (Wildman–Crippen MR) is 63.5 cm³/mol. The number of nitrogens with one attached hydrogen (secondary N) is 1. The van der Waals surface area contributed by atoms with Crippen LogP contribution >= 0.6 is 0 Å². The number of rotatable bonds is 1. The summed E-state index contributed by atoms with van der Waals surface area (Å²) in [6.07, 6.45) is 4.06. The van der Waals surface area contributed by atoms with Crippen molar-refractivity contribution in [3.05, 3.63) is 0 Å². The molecule has 84 valence electrons. The molecule has 0 aromatic carbocycles. The van der Waals surface area contributed by atoms with Crippen LogP contribution in [0.15, 0.2) is 0 Å². The third-order valence-electron chi connectivity index (χ3n) is 3.02. The first kappa shape index (κ1) is 12.0. The average Bonchev–Trinajstić information content (AvgIpc) is 1.74. The summed E-state index contributed by atoms with van der Waals surface area (Å²) in [5.74, 6) is 0.874. The first-order valence-corrected chi connectivity index (χ1v) is 5.96. The van der Waals surface area contributed by atoms with Crippen LogP contribution in [0.1, 0.15) is 60.8 Å². The van der Waals surface area contributed by atoms with Gasteiger partial charge in [-0.2, -0.15) is 0 Å². The Bertz CT molecular complexity index is 186. The molecular weight excluding hydrogens is 170 g/mol. The zero-order valence-electron chi connectivity index (χ0n) is 10.8. The van der Waals surface area contributed by atoms with Crippen LogP contribution in [0, 0.1) is 11.3 Å². The van der Waals surface area contributed by atoms with Crippen LogP contribution in [0.5, 0.6) is 0 Å². The zero-order chi connectivity index (χ0) is 11.0. The normalized spacial score (nSPS) is 33.0.